The quantitative estimate of drug-likeness (QED) is 0.693. The molecule has 1 aromatic heterocycles. The van der Waals surface area contributed by atoms with Crippen LogP contribution in [0, 0.1) is 11.3 Å². The summed E-state index contributed by atoms with van der Waals surface area (Å²) in [6.07, 6.45) is 2.38. The van der Waals surface area contributed by atoms with E-state index in [2.05, 4.69) is 15.5 Å². The molecule has 0 spiro atoms. The minimum atomic E-state index is 0.218. The molecular weight excluding hydrogens is 214 g/mol. The molecule has 1 aliphatic heterocycles. The molecule has 0 radical (unpaired) electrons. The Morgan fingerprint density at radius 2 is 2.60 bits per heavy atom. The van der Waals surface area contributed by atoms with Crippen molar-refractivity contribution < 1.29 is 4.74 Å². The van der Waals surface area contributed by atoms with Crippen molar-refractivity contribution in [1.29, 1.82) is 5.26 Å². The van der Waals surface area contributed by atoms with Gasteiger partial charge in [-0.15, -0.1) is 5.10 Å². The van der Waals surface area contributed by atoms with Gasteiger partial charge in [-0.1, -0.05) is 11.8 Å². The third-order valence-electron chi connectivity index (χ3n) is 2.17. The van der Waals surface area contributed by atoms with E-state index in [9.17, 15) is 0 Å². The molecule has 6 nitrogen and oxygen atoms in total. The minimum absolute atomic E-state index is 0.218. The third-order valence-corrected chi connectivity index (χ3v) is 2.99. The van der Waals surface area contributed by atoms with Crippen molar-refractivity contribution in [3.8, 4) is 6.07 Å². The largest absolute Gasteiger partial charge is 0.376 e. The van der Waals surface area contributed by atoms with Crippen LogP contribution in [0.2, 0.25) is 0 Å². The van der Waals surface area contributed by atoms with E-state index in [1.165, 1.54) is 11.8 Å². The van der Waals surface area contributed by atoms with Crippen molar-refractivity contribution in [3.63, 3.8) is 0 Å². The Morgan fingerprint density at radius 1 is 1.67 bits per heavy atom. The van der Waals surface area contributed by atoms with Gasteiger partial charge in [-0.25, -0.2) is 4.68 Å². The second-order valence-corrected chi connectivity index (χ2v) is 4.17. The number of tetrazole rings is 1. The van der Waals surface area contributed by atoms with Crippen molar-refractivity contribution in [2.24, 2.45) is 0 Å². The first-order valence-electron chi connectivity index (χ1n) is 4.77. The minimum Gasteiger partial charge on any atom is -0.376 e. The van der Waals surface area contributed by atoms with Crippen LogP contribution in [0.5, 0.6) is 0 Å². The molecule has 1 aromatic rings. The van der Waals surface area contributed by atoms with Gasteiger partial charge < -0.3 is 4.74 Å². The lowest BCUT2D eigenvalue weighted by Gasteiger charge is -2.09. The number of nitrogens with zero attached hydrogens (tertiary/aromatic N) is 5. The Kier molecular flexibility index (Phi) is 3.53. The molecule has 2 heterocycles. The monoisotopic (exact) mass is 225 g/mol. The predicted molar refractivity (Wildman–Crippen MR) is 53.1 cm³/mol. The van der Waals surface area contributed by atoms with Crippen LogP contribution in [0.4, 0.5) is 0 Å². The number of hydrogen-bond donors (Lipinski definition) is 0. The van der Waals surface area contributed by atoms with Gasteiger partial charge in [0.25, 0.3) is 0 Å². The first kappa shape index (κ1) is 10.4. The number of nitriles is 1. The van der Waals surface area contributed by atoms with Gasteiger partial charge in [0.15, 0.2) is 0 Å². The number of hydrogen-bond acceptors (Lipinski definition) is 6. The standard InChI is InChI=1S/C8H11N5OS/c9-3-5-15-8-10-11-12-13(8)6-7-2-1-4-14-7/h7H,1-2,4-6H2/t7-/m1/s1. The van der Waals surface area contributed by atoms with Gasteiger partial charge in [-0.2, -0.15) is 5.26 Å². The van der Waals surface area contributed by atoms with Crippen LogP contribution in [-0.2, 0) is 11.3 Å². The second kappa shape index (κ2) is 5.09. The molecular formula is C8H11N5OS. The topological polar surface area (TPSA) is 76.6 Å². The van der Waals surface area contributed by atoms with Gasteiger partial charge in [0.1, 0.15) is 0 Å². The molecule has 0 N–H and O–H groups in total. The highest BCUT2D eigenvalue weighted by molar-refractivity contribution is 7.99. The van der Waals surface area contributed by atoms with Crippen LogP contribution in [-0.4, -0.2) is 38.7 Å². The summed E-state index contributed by atoms with van der Waals surface area (Å²) in [4.78, 5) is 0. The Balaban J connectivity index is 1.95. The number of aromatic nitrogens is 4. The van der Waals surface area contributed by atoms with Crippen molar-refractivity contribution in [1.82, 2.24) is 20.2 Å². The number of rotatable bonds is 4. The highest BCUT2D eigenvalue weighted by Gasteiger charge is 2.18. The molecule has 1 saturated heterocycles. The van der Waals surface area contributed by atoms with Crippen molar-refractivity contribution in [2.45, 2.75) is 30.6 Å². The van der Waals surface area contributed by atoms with Gasteiger partial charge in [-0.05, 0) is 23.3 Å². The lowest BCUT2D eigenvalue weighted by atomic mass is 10.2. The maximum atomic E-state index is 8.47. The first-order chi connectivity index (χ1) is 7.40. The van der Waals surface area contributed by atoms with Crippen LogP contribution in [0.15, 0.2) is 5.16 Å². The fourth-order valence-corrected chi connectivity index (χ4v) is 2.04. The van der Waals surface area contributed by atoms with Gasteiger partial charge in [0, 0.05) is 6.61 Å². The van der Waals surface area contributed by atoms with Crippen molar-refractivity contribution >= 4 is 11.8 Å². The van der Waals surface area contributed by atoms with Gasteiger partial charge in [0.05, 0.1) is 24.5 Å². The maximum Gasteiger partial charge on any atom is 0.210 e. The highest BCUT2D eigenvalue weighted by Crippen LogP contribution is 2.17. The van der Waals surface area contributed by atoms with Gasteiger partial charge in [0.2, 0.25) is 5.16 Å². The molecule has 0 saturated carbocycles. The van der Waals surface area contributed by atoms with E-state index in [-0.39, 0.29) is 6.10 Å². The zero-order valence-electron chi connectivity index (χ0n) is 8.17. The molecule has 1 atom stereocenters. The Labute approximate surface area is 91.6 Å². The van der Waals surface area contributed by atoms with Crippen molar-refractivity contribution in [3.05, 3.63) is 0 Å². The van der Waals surface area contributed by atoms with E-state index >= 15 is 0 Å². The van der Waals surface area contributed by atoms with Gasteiger partial charge in [-0.3, -0.25) is 0 Å². The normalized spacial score (nSPS) is 20.3. The summed E-state index contributed by atoms with van der Waals surface area (Å²) in [5.74, 6) is 0.367. The van der Waals surface area contributed by atoms with E-state index in [1.807, 2.05) is 6.07 Å². The summed E-state index contributed by atoms with van der Waals surface area (Å²) < 4.78 is 7.20. The molecule has 0 aliphatic carbocycles. The van der Waals surface area contributed by atoms with Crippen LogP contribution in [0.3, 0.4) is 0 Å². The maximum absolute atomic E-state index is 8.47. The van der Waals surface area contributed by atoms with E-state index in [1.54, 1.807) is 4.68 Å². The molecule has 1 aliphatic rings. The van der Waals surface area contributed by atoms with E-state index < -0.39 is 0 Å². The lowest BCUT2D eigenvalue weighted by Crippen LogP contribution is -2.16. The fraction of sp³-hybridized carbons (Fsp3) is 0.750. The highest BCUT2D eigenvalue weighted by atomic mass is 32.2. The number of thioether (sulfide) groups is 1. The summed E-state index contributed by atoms with van der Waals surface area (Å²) in [5, 5.41) is 20.5. The van der Waals surface area contributed by atoms with Crippen LogP contribution >= 0.6 is 11.8 Å². The molecule has 7 heteroatoms. The summed E-state index contributed by atoms with van der Waals surface area (Å²) in [5.41, 5.74) is 0. The molecule has 0 aromatic carbocycles. The SMILES string of the molecule is N#CCSc1nnnn1C[C@H]1CCCO1. The smallest absolute Gasteiger partial charge is 0.210 e. The van der Waals surface area contributed by atoms with E-state index in [0.717, 1.165) is 19.4 Å². The molecule has 2 rings (SSSR count). The molecule has 0 unspecified atom stereocenters. The van der Waals surface area contributed by atoms with Gasteiger partial charge >= 0.3 is 0 Å². The average Bonchev–Trinajstić information content (AvgIpc) is 2.87. The molecule has 0 amide bonds. The predicted octanol–water partition coefficient (Wildman–Crippen LogP) is 0.468. The Hall–Kier alpha value is -1.13. The molecule has 80 valence electrons. The Morgan fingerprint density at radius 3 is 3.33 bits per heavy atom. The van der Waals surface area contributed by atoms with E-state index in [4.69, 9.17) is 10.00 Å². The molecule has 1 fully saturated rings. The lowest BCUT2D eigenvalue weighted by molar-refractivity contribution is 0.0912. The Bertz CT molecular complexity index is 354. The number of ether oxygens (including phenoxy) is 1. The van der Waals surface area contributed by atoms with Crippen LogP contribution in [0.25, 0.3) is 0 Å². The van der Waals surface area contributed by atoms with Crippen LogP contribution < -0.4 is 0 Å². The second-order valence-electron chi connectivity index (χ2n) is 3.23. The fourth-order valence-electron chi connectivity index (χ4n) is 1.49. The zero-order valence-corrected chi connectivity index (χ0v) is 8.98. The average molecular weight is 225 g/mol. The summed E-state index contributed by atoms with van der Waals surface area (Å²) in [6, 6.07) is 2.05. The van der Waals surface area contributed by atoms with Crippen molar-refractivity contribution in [2.75, 3.05) is 12.4 Å². The first-order valence-corrected chi connectivity index (χ1v) is 5.76. The summed E-state index contributed by atoms with van der Waals surface area (Å²) in [6.45, 7) is 1.51. The molecule has 0 bridgehead atoms. The summed E-state index contributed by atoms with van der Waals surface area (Å²) in [7, 11) is 0. The zero-order chi connectivity index (χ0) is 10.5. The third kappa shape index (κ3) is 2.67. The van der Waals surface area contributed by atoms with Crippen LogP contribution in [0.1, 0.15) is 12.8 Å². The molecule has 15 heavy (non-hydrogen) atoms. The summed E-state index contributed by atoms with van der Waals surface area (Å²) >= 11 is 1.35. The van der Waals surface area contributed by atoms with E-state index in [0.29, 0.717) is 17.5 Å².